The quantitative estimate of drug-likeness (QED) is 0.237. The van der Waals surface area contributed by atoms with Crippen molar-refractivity contribution in [3.8, 4) is 12.3 Å². The van der Waals surface area contributed by atoms with E-state index in [-0.39, 0.29) is 31.0 Å². The summed E-state index contributed by atoms with van der Waals surface area (Å²) >= 11 is 0. The number of tetrazole rings is 1. The number of carboxylic acid groups (broad SMARTS) is 1. The van der Waals surface area contributed by atoms with Crippen molar-refractivity contribution < 1.29 is 14.7 Å². The molecule has 0 saturated heterocycles. The molecule has 2 heterocycles. The van der Waals surface area contributed by atoms with Crippen LogP contribution in [0.4, 0.5) is 5.69 Å². The number of amides is 1. The summed E-state index contributed by atoms with van der Waals surface area (Å²) < 4.78 is 0. The number of rotatable bonds is 9. The summed E-state index contributed by atoms with van der Waals surface area (Å²) in [5.74, 6) is 1.88. The van der Waals surface area contributed by atoms with Crippen LogP contribution in [0.2, 0.25) is 0 Å². The van der Waals surface area contributed by atoms with Gasteiger partial charge in [-0.1, -0.05) is 23.3 Å². The molecule has 198 valence electrons. The van der Waals surface area contributed by atoms with Gasteiger partial charge in [-0.25, -0.2) is 9.78 Å². The molecule has 0 fully saturated rings. The first-order valence-corrected chi connectivity index (χ1v) is 12.4. The van der Waals surface area contributed by atoms with Gasteiger partial charge in [0.25, 0.3) is 11.5 Å². The third-order valence-corrected chi connectivity index (χ3v) is 6.88. The molecule has 2 aromatic carbocycles. The lowest BCUT2D eigenvalue weighted by molar-refractivity contribution is -0.139. The van der Waals surface area contributed by atoms with Crippen LogP contribution in [-0.2, 0) is 17.6 Å². The number of para-hydroxylation sites is 1. The van der Waals surface area contributed by atoms with Crippen LogP contribution in [0.5, 0.6) is 0 Å². The third-order valence-electron chi connectivity index (χ3n) is 6.88. The molecule has 2 atom stereocenters. The number of H-pyrrole nitrogens is 2. The van der Waals surface area contributed by atoms with Crippen LogP contribution in [0.3, 0.4) is 0 Å². The maximum Gasteiger partial charge on any atom is 0.326 e. The molecule has 1 amide bonds. The topological polar surface area (TPSA) is 170 Å². The van der Waals surface area contributed by atoms with E-state index in [0.717, 1.165) is 24.0 Å². The van der Waals surface area contributed by atoms with Gasteiger partial charge in [0.05, 0.1) is 34.7 Å². The predicted octanol–water partition coefficient (Wildman–Crippen LogP) is 1.69. The molecule has 0 aliphatic heterocycles. The van der Waals surface area contributed by atoms with Crippen molar-refractivity contribution in [3.05, 3.63) is 75.1 Å². The van der Waals surface area contributed by atoms with E-state index in [9.17, 15) is 19.5 Å². The van der Waals surface area contributed by atoms with Gasteiger partial charge in [0.1, 0.15) is 11.9 Å². The first-order valence-electron chi connectivity index (χ1n) is 12.4. The van der Waals surface area contributed by atoms with Crippen LogP contribution in [0.1, 0.15) is 52.0 Å². The first kappa shape index (κ1) is 25.6. The number of carbonyl (C=O) groups is 2. The van der Waals surface area contributed by atoms with Crippen molar-refractivity contribution in [2.45, 2.75) is 44.7 Å². The van der Waals surface area contributed by atoms with Crippen molar-refractivity contribution in [3.63, 3.8) is 0 Å². The molecule has 4 N–H and O–H groups in total. The highest BCUT2D eigenvalue weighted by Gasteiger charge is 2.31. The Bertz CT molecular complexity index is 1640. The number of carboxylic acids is 1. The van der Waals surface area contributed by atoms with E-state index in [0.29, 0.717) is 33.8 Å². The number of nitrogens with zero attached hydrogens (tertiary/aromatic N) is 5. The zero-order valence-corrected chi connectivity index (χ0v) is 21.1. The monoisotopic (exact) mass is 526 g/mol. The fourth-order valence-electron chi connectivity index (χ4n) is 5.09. The van der Waals surface area contributed by atoms with Crippen LogP contribution in [0.15, 0.2) is 41.2 Å². The van der Waals surface area contributed by atoms with Crippen LogP contribution in [-0.4, -0.2) is 60.2 Å². The SMILES string of the molecule is C#CCN(c1ccccc1C(=O)NC(CCc1nn[nH]n1)C(=O)O)[C@H]1CCc2cc3nc(C)[nH]c(=O)c3cc21. The van der Waals surface area contributed by atoms with E-state index < -0.39 is 17.9 Å². The number of aromatic amines is 2. The Balaban J connectivity index is 1.46. The number of nitrogens with one attached hydrogen (secondary N) is 3. The summed E-state index contributed by atoms with van der Waals surface area (Å²) in [4.78, 5) is 47.1. The number of aliphatic carboxylic acids is 1. The number of benzene rings is 2. The minimum Gasteiger partial charge on any atom is -0.480 e. The predicted molar refractivity (Wildman–Crippen MR) is 142 cm³/mol. The average molecular weight is 527 g/mol. The molecule has 5 rings (SSSR count). The summed E-state index contributed by atoms with van der Waals surface area (Å²) in [5, 5.41) is 26.3. The Hall–Kier alpha value is -5.05. The maximum absolute atomic E-state index is 13.4. The summed E-state index contributed by atoms with van der Waals surface area (Å²) in [6.07, 6.45) is 7.56. The van der Waals surface area contributed by atoms with Gasteiger partial charge in [-0.3, -0.25) is 9.59 Å². The standard InChI is InChI=1S/C27H26N8O4/c1-3-12-35(23-10-8-16-13-21-19(14-18(16)23)26(37)29-15(2)28-21)22-7-5-4-6-17(22)25(36)30-20(27(38)39)9-11-24-31-33-34-32-24/h1,4-7,13-14,20,23H,8-12H2,2H3,(H,30,36)(H,38,39)(H,28,29,37)(H,31,32,33,34)/t20?,23-/m0/s1. The molecule has 0 radical (unpaired) electrons. The van der Waals surface area contributed by atoms with E-state index >= 15 is 0 Å². The van der Waals surface area contributed by atoms with Crippen molar-refractivity contribution in [1.29, 1.82) is 0 Å². The second kappa shape index (κ2) is 10.7. The molecule has 1 aliphatic rings. The number of terminal acetylenes is 1. The van der Waals surface area contributed by atoms with Gasteiger partial charge in [-0.15, -0.1) is 16.6 Å². The molecule has 0 bridgehead atoms. The molecule has 2 aromatic heterocycles. The van der Waals surface area contributed by atoms with Gasteiger partial charge in [0.15, 0.2) is 5.82 Å². The fourth-order valence-corrected chi connectivity index (χ4v) is 5.09. The number of anilines is 1. The number of fused-ring (bicyclic) bond motifs is 2. The zero-order valence-electron chi connectivity index (χ0n) is 21.1. The van der Waals surface area contributed by atoms with Crippen molar-refractivity contribution >= 4 is 28.5 Å². The number of hydrogen-bond donors (Lipinski definition) is 4. The zero-order chi connectivity index (χ0) is 27.5. The smallest absolute Gasteiger partial charge is 0.326 e. The molecule has 12 heteroatoms. The lowest BCUT2D eigenvalue weighted by atomic mass is 10.0. The molecular weight excluding hydrogens is 500 g/mol. The average Bonchev–Trinajstić information content (AvgIpc) is 3.58. The van der Waals surface area contributed by atoms with Gasteiger partial charge in [0.2, 0.25) is 0 Å². The van der Waals surface area contributed by atoms with Crippen LogP contribution in [0.25, 0.3) is 10.9 Å². The number of carbonyl (C=O) groups excluding carboxylic acids is 1. The van der Waals surface area contributed by atoms with E-state index in [1.54, 1.807) is 31.2 Å². The Morgan fingerprint density at radius 2 is 2.13 bits per heavy atom. The third kappa shape index (κ3) is 5.19. The molecule has 1 aliphatic carbocycles. The second-order valence-corrected chi connectivity index (χ2v) is 9.35. The van der Waals surface area contributed by atoms with E-state index in [1.807, 2.05) is 17.0 Å². The fraction of sp³-hybridized carbons (Fsp3) is 0.296. The Kier molecular flexibility index (Phi) is 7.05. The summed E-state index contributed by atoms with van der Waals surface area (Å²) in [6.45, 7) is 1.95. The molecule has 39 heavy (non-hydrogen) atoms. The van der Waals surface area contributed by atoms with Gasteiger partial charge < -0.3 is 20.3 Å². The normalized spacial score (nSPS) is 14.9. The molecule has 12 nitrogen and oxygen atoms in total. The van der Waals surface area contributed by atoms with Crippen molar-refractivity contribution in [1.82, 2.24) is 35.9 Å². The lowest BCUT2D eigenvalue weighted by Crippen LogP contribution is -2.42. The largest absolute Gasteiger partial charge is 0.480 e. The number of aromatic nitrogens is 6. The Labute approximate surface area is 222 Å². The highest BCUT2D eigenvalue weighted by atomic mass is 16.4. The Morgan fingerprint density at radius 1 is 1.31 bits per heavy atom. The highest BCUT2D eigenvalue weighted by molar-refractivity contribution is 6.01. The maximum atomic E-state index is 13.4. The highest BCUT2D eigenvalue weighted by Crippen LogP contribution is 2.40. The van der Waals surface area contributed by atoms with Crippen molar-refractivity contribution in [2.75, 3.05) is 11.4 Å². The van der Waals surface area contributed by atoms with Gasteiger partial charge in [-0.2, -0.15) is 5.21 Å². The van der Waals surface area contributed by atoms with Crippen molar-refractivity contribution in [2.24, 2.45) is 0 Å². The van der Waals surface area contributed by atoms with E-state index in [4.69, 9.17) is 6.42 Å². The number of aryl methyl sites for hydroxylation is 3. The lowest BCUT2D eigenvalue weighted by Gasteiger charge is -2.32. The van der Waals surface area contributed by atoms with Crippen LogP contribution >= 0.6 is 0 Å². The molecular formula is C27H26N8O4. The minimum atomic E-state index is -1.17. The second-order valence-electron chi connectivity index (χ2n) is 9.35. The minimum absolute atomic E-state index is 0.0853. The van der Waals surface area contributed by atoms with Gasteiger partial charge in [0, 0.05) is 6.42 Å². The molecule has 0 spiro atoms. The molecule has 4 aromatic rings. The van der Waals surface area contributed by atoms with E-state index in [2.05, 4.69) is 41.8 Å². The number of hydrogen-bond acceptors (Lipinski definition) is 8. The molecule has 1 unspecified atom stereocenters. The summed E-state index contributed by atoms with van der Waals surface area (Å²) in [5.41, 5.74) is 3.32. The van der Waals surface area contributed by atoms with Gasteiger partial charge in [-0.05, 0) is 61.6 Å². The summed E-state index contributed by atoms with van der Waals surface area (Å²) in [6, 6.07) is 9.39. The summed E-state index contributed by atoms with van der Waals surface area (Å²) in [7, 11) is 0. The van der Waals surface area contributed by atoms with Gasteiger partial charge >= 0.3 is 5.97 Å². The van der Waals surface area contributed by atoms with E-state index in [1.165, 1.54) is 0 Å². The van der Waals surface area contributed by atoms with Crippen LogP contribution in [0, 0.1) is 19.3 Å². The van der Waals surface area contributed by atoms with Crippen LogP contribution < -0.4 is 15.8 Å². The Morgan fingerprint density at radius 3 is 2.87 bits per heavy atom. The first-order chi connectivity index (χ1) is 18.9. The molecule has 0 saturated carbocycles.